The zero-order valence-corrected chi connectivity index (χ0v) is 19.8. The van der Waals surface area contributed by atoms with Crippen LogP contribution in [0, 0.1) is 0 Å². The summed E-state index contributed by atoms with van der Waals surface area (Å²) in [5, 5.41) is 21.0. The molecule has 0 atom stereocenters. The van der Waals surface area contributed by atoms with E-state index in [0.29, 0.717) is 27.6 Å². The molecule has 1 aliphatic carbocycles. The van der Waals surface area contributed by atoms with Crippen LogP contribution in [-0.4, -0.2) is 52.8 Å². The van der Waals surface area contributed by atoms with E-state index in [1.54, 1.807) is 18.2 Å². The van der Waals surface area contributed by atoms with Gasteiger partial charge in [0.15, 0.2) is 0 Å². The first-order chi connectivity index (χ1) is 16.3. The zero-order valence-electron chi connectivity index (χ0n) is 18.2. The van der Waals surface area contributed by atoms with Gasteiger partial charge in [-0.3, -0.25) is 4.72 Å². The summed E-state index contributed by atoms with van der Waals surface area (Å²) < 4.78 is 31.4. The van der Waals surface area contributed by atoms with Gasteiger partial charge in [0.2, 0.25) is 0 Å². The number of anilines is 2. The average molecular weight is 503 g/mol. The third kappa shape index (κ3) is 4.45. The Hall–Kier alpha value is -3.18. The molecule has 0 radical (unpaired) electrons. The van der Waals surface area contributed by atoms with Crippen LogP contribution in [0.4, 0.5) is 11.4 Å². The second kappa shape index (κ2) is 8.88. The van der Waals surface area contributed by atoms with Crippen molar-refractivity contribution in [2.24, 2.45) is 0 Å². The number of nitrogens with zero attached hydrogens (tertiary/aromatic N) is 5. The second-order valence-corrected chi connectivity index (χ2v) is 10.6. The molecule has 5 rings (SSSR count). The maximum Gasteiger partial charge on any atom is 0.335 e. The molecule has 2 aliphatic rings. The third-order valence-corrected chi connectivity index (χ3v) is 7.89. The highest BCUT2D eigenvalue weighted by atomic mass is 35.5. The third-order valence-electron chi connectivity index (χ3n) is 6.17. The molecule has 1 saturated heterocycles. The summed E-state index contributed by atoms with van der Waals surface area (Å²) >= 11 is 6.55. The lowest BCUT2D eigenvalue weighted by Crippen LogP contribution is -2.30. The van der Waals surface area contributed by atoms with Crippen molar-refractivity contribution in [3.05, 3.63) is 52.8 Å². The Balaban J connectivity index is 1.61. The first-order valence-electron chi connectivity index (χ1n) is 11.1. The number of tetrazole rings is 1. The summed E-state index contributed by atoms with van der Waals surface area (Å²) in [6, 6.07) is 7.62. The molecule has 2 heterocycles. The summed E-state index contributed by atoms with van der Waals surface area (Å²) in [7, 11) is -4.11. The van der Waals surface area contributed by atoms with Gasteiger partial charge in [-0.15, -0.1) is 5.10 Å². The lowest BCUT2D eigenvalue weighted by molar-refractivity contribution is 0.0696. The number of halogens is 1. The number of rotatable bonds is 7. The van der Waals surface area contributed by atoms with Gasteiger partial charge in [-0.2, -0.15) is 4.68 Å². The minimum absolute atomic E-state index is 0.0154. The van der Waals surface area contributed by atoms with E-state index in [4.69, 9.17) is 11.6 Å². The van der Waals surface area contributed by atoms with E-state index in [-0.39, 0.29) is 16.4 Å². The Bertz CT molecular complexity index is 1340. The Morgan fingerprint density at radius 1 is 1.09 bits per heavy atom. The number of piperidine rings is 1. The van der Waals surface area contributed by atoms with Gasteiger partial charge in [0, 0.05) is 13.1 Å². The number of carbonyl (C=O) groups is 1. The number of aromatic carboxylic acids is 1. The summed E-state index contributed by atoms with van der Waals surface area (Å²) in [5.74, 6) is -1.07. The predicted octanol–water partition coefficient (Wildman–Crippen LogP) is 3.68. The van der Waals surface area contributed by atoms with Crippen LogP contribution in [0.25, 0.3) is 5.69 Å². The molecule has 10 nitrogen and oxygen atoms in total. The number of aromatic nitrogens is 4. The Labute approximate surface area is 201 Å². The number of nitrogens with one attached hydrogen (secondary N) is 1. The molecule has 2 aromatic carbocycles. The van der Waals surface area contributed by atoms with Crippen molar-refractivity contribution in [2.45, 2.75) is 42.9 Å². The fourth-order valence-corrected chi connectivity index (χ4v) is 5.94. The molecule has 178 valence electrons. The lowest BCUT2D eigenvalue weighted by atomic mass is 10.1. The van der Waals surface area contributed by atoms with Crippen molar-refractivity contribution < 1.29 is 18.3 Å². The number of sulfonamides is 1. The molecule has 12 heteroatoms. The predicted molar refractivity (Wildman–Crippen MR) is 126 cm³/mol. The van der Waals surface area contributed by atoms with Gasteiger partial charge in [0.25, 0.3) is 10.0 Å². The molecular formula is C22H23ClN6O4S. The summed E-state index contributed by atoms with van der Waals surface area (Å²) in [5.41, 5.74) is 1.97. The Kier molecular flexibility index (Phi) is 5.90. The highest BCUT2D eigenvalue weighted by Gasteiger charge is 2.32. The maximum atomic E-state index is 13.6. The molecule has 0 bridgehead atoms. The monoisotopic (exact) mass is 502 g/mol. The molecule has 0 unspecified atom stereocenters. The highest BCUT2D eigenvalue weighted by molar-refractivity contribution is 7.92. The molecule has 3 aromatic rings. The number of hydrogen-bond donors (Lipinski definition) is 2. The van der Waals surface area contributed by atoms with Gasteiger partial charge in [-0.1, -0.05) is 17.7 Å². The van der Waals surface area contributed by atoms with Crippen molar-refractivity contribution >= 4 is 39.0 Å². The molecule has 2 fully saturated rings. The van der Waals surface area contributed by atoms with Crippen LogP contribution in [-0.2, 0) is 10.0 Å². The van der Waals surface area contributed by atoms with Crippen LogP contribution >= 0.6 is 11.6 Å². The van der Waals surface area contributed by atoms with Crippen LogP contribution in [0.3, 0.4) is 0 Å². The smallest absolute Gasteiger partial charge is 0.335 e. The number of hydrogen-bond acceptors (Lipinski definition) is 7. The Morgan fingerprint density at radius 3 is 2.50 bits per heavy atom. The fraction of sp³-hybridized carbons (Fsp3) is 0.364. The largest absolute Gasteiger partial charge is 0.478 e. The maximum absolute atomic E-state index is 13.6. The van der Waals surface area contributed by atoms with E-state index in [0.717, 1.165) is 45.2 Å². The van der Waals surface area contributed by atoms with E-state index in [1.165, 1.54) is 23.1 Å². The van der Waals surface area contributed by atoms with E-state index in [2.05, 4.69) is 25.1 Å². The Morgan fingerprint density at radius 2 is 1.85 bits per heavy atom. The number of benzene rings is 2. The van der Waals surface area contributed by atoms with Crippen LogP contribution in [0.2, 0.25) is 5.02 Å². The van der Waals surface area contributed by atoms with E-state index in [1.807, 2.05) is 0 Å². The molecule has 1 saturated carbocycles. The van der Waals surface area contributed by atoms with E-state index < -0.39 is 16.0 Å². The van der Waals surface area contributed by atoms with Crippen molar-refractivity contribution in [1.29, 1.82) is 0 Å². The standard InChI is InChI=1S/C22H23ClN6O4S/c23-17-11-20(28-8-2-1-3-9-28)18(12-19(17)29-13-24-26-27-29)25-34(32,33)21-10-15(22(30)31)6-7-16(21)14-4-5-14/h6-7,10-14,25H,1-5,8-9H2,(H,30,31). The van der Waals surface area contributed by atoms with Crippen LogP contribution < -0.4 is 9.62 Å². The van der Waals surface area contributed by atoms with Gasteiger partial charge >= 0.3 is 5.97 Å². The van der Waals surface area contributed by atoms with Crippen LogP contribution in [0.5, 0.6) is 0 Å². The molecule has 1 aliphatic heterocycles. The molecular weight excluding hydrogens is 480 g/mol. The topological polar surface area (TPSA) is 130 Å². The van der Waals surface area contributed by atoms with Crippen LogP contribution in [0.15, 0.2) is 41.6 Å². The first-order valence-corrected chi connectivity index (χ1v) is 12.9. The quantitative estimate of drug-likeness (QED) is 0.500. The summed E-state index contributed by atoms with van der Waals surface area (Å²) in [4.78, 5) is 13.6. The number of carboxylic acid groups (broad SMARTS) is 1. The van der Waals surface area contributed by atoms with Gasteiger partial charge < -0.3 is 10.0 Å². The average Bonchev–Trinajstić information content (AvgIpc) is 3.53. The second-order valence-electron chi connectivity index (χ2n) is 8.56. The molecule has 0 spiro atoms. The minimum atomic E-state index is -4.11. The lowest BCUT2D eigenvalue weighted by Gasteiger charge is -2.31. The molecule has 2 N–H and O–H groups in total. The van der Waals surface area contributed by atoms with Gasteiger partial charge in [0.05, 0.1) is 32.5 Å². The van der Waals surface area contributed by atoms with Gasteiger partial charge in [-0.05, 0) is 78.3 Å². The van der Waals surface area contributed by atoms with Crippen molar-refractivity contribution in [2.75, 3.05) is 22.7 Å². The zero-order chi connectivity index (χ0) is 23.9. The first kappa shape index (κ1) is 22.6. The van der Waals surface area contributed by atoms with Crippen molar-refractivity contribution in [3.8, 4) is 5.69 Å². The van der Waals surface area contributed by atoms with Gasteiger partial charge in [-0.25, -0.2) is 13.2 Å². The number of carboxylic acids is 1. The molecule has 1 aromatic heterocycles. The summed E-state index contributed by atoms with van der Waals surface area (Å²) in [6.45, 7) is 1.55. The molecule has 34 heavy (non-hydrogen) atoms. The van der Waals surface area contributed by atoms with E-state index in [9.17, 15) is 18.3 Å². The van der Waals surface area contributed by atoms with Crippen molar-refractivity contribution in [1.82, 2.24) is 20.2 Å². The normalized spacial score (nSPS) is 16.4. The minimum Gasteiger partial charge on any atom is -0.478 e. The fourth-order valence-electron chi connectivity index (χ4n) is 4.31. The van der Waals surface area contributed by atoms with E-state index >= 15 is 0 Å². The molecule has 0 amide bonds. The highest BCUT2D eigenvalue weighted by Crippen LogP contribution is 2.44. The SMILES string of the molecule is O=C(O)c1ccc(C2CC2)c(S(=O)(=O)Nc2cc(-n3cnnn3)c(Cl)cc2N2CCCCC2)c1. The van der Waals surface area contributed by atoms with Crippen LogP contribution in [0.1, 0.15) is 53.9 Å². The van der Waals surface area contributed by atoms with Crippen molar-refractivity contribution in [3.63, 3.8) is 0 Å². The van der Waals surface area contributed by atoms with Gasteiger partial charge in [0.1, 0.15) is 6.33 Å². The summed E-state index contributed by atoms with van der Waals surface area (Å²) in [6.07, 6.45) is 6.22.